The van der Waals surface area contributed by atoms with Crippen LogP contribution in [0, 0.1) is 0 Å². The first-order chi connectivity index (χ1) is 5.52. The van der Waals surface area contributed by atoms with E-state index in [0.717, 1.165) is 12.5 Å². The average Bonchev–Trinajstić information content (AvgIpc) is 2.38. The first-order valence-electron chi connectivity index (χ1n) is 2.72. The molecule has 0 aliphatic carbocycles. The summed E-state index contributed by atoms with van der Waals surface area (Å²) in [6.45, 7) is 0. The van der Waals surface area contributed by atoms with E-state index in [2.05, 4.69) is 9.40 Å². The fourth-order valence-electron chi connectivity index (χ4n) is 0.414. The molecule has 1 heterocycles. The monoisotopic (exact) mass is 195 g/mol. The third kappa shape index (κ3) is 1.94. The average molecular weight is 195 g/mol. The SMILES string of the molecule is O=C(O)C(F)(F)Sc1ncco1. The molecule has 0 fully saturated rings. The van der Waals surface area contributed by atoms with Gasteiger partial charge in [-0.05, 0) is 0 Å². The summed E-state index contributed by atoms with van der Waals surface area (Å²) in [5, 5.41) is 3.73. The van der Waals surface area contributed by atoms with Gasteiger partial charge in [-0.1, -0.05) is 0 Å². The Morgan fingerprint density at radius 3 is 2.83 bits per heavy atom. The molecular formula is C5H3F2NO3S. The molecule has 12 heavy (non-hydrogen) atoms. The Morgan fingerprint density at radius 2 is 2.42 bits per heavy atom. The van der Waals surface area contributed by atoms with Crippen LogP contribution in [0.25, 0.3) is 0 Å². The second-order valence-electron chi connectivity index (χ2n) is 1.72. The number of hydrogen-bond acceptors (Lipinski definition) is 4. The Balaban J connectivity index is 2.69. The molecule has 0 aromatic carbocycles. The van der Waals surface area contributed by atoms with Crippen molar-refractivity contribution in [3.05, 3.63) is 12.5 Å². The maximum Gasteiger partial charge on any atom is 0.397 e. The van der Waals surface area contributed by atoms with Crippen molar-refractivity contribution in [1.29, 1.82) is 0 Å². The highest BCUT2D eigenvalue weighted by Gasteiger charge is 2.41. The minimum Gasteiger partial charge on any atom is -0.476 e. The van der Waals surface area contributed by atoms with Gasteiger partial charge in [-0.25, -0.2) is 9.78 Å². The van der Waals surface area contributed by atoms with Gasteiger partial charge in [0.25, 0.3) is 5.22 Å². The van der Waals surface area contributed by atoms with Crippen molar-refractivity contribution in [2.45, 2.75) is 10.5 Å². The number of carbonyl (C=O) groups is 1. The summed E-state index contributed by atoms with van der Waals surface area (Å²) in [5.74, 6) is -2.22. The van der Waals surface area contributed by atoms with E-state index in [1.807, 2.05) is 0 Å². The van der Waals surface area contributed by atoms with Crippen LogP contribution in [0.5, 0.6) is 0 Å². The van der Waals surface area contributed by atoms with Crippen molar-refractivity contribution >= 4 is 17.7 Å². The molecule has 0 bridgehead atoms. The normalized spacial score (nSPS) is 11.5. The van der Waals surface area contributed by atoms with Crippen LogP contribution in [0.3, 0.4) is 0 Å². The number of alkyl halides is 2. The van der Waals surface area contributed by atoms with E-state index in [1.54, 1.807) is 0 Å². The van der Waals surface area contributed by atoms with Gasteiger partial charge >= 0.3 is 11.2 Å². The Labute approximate surface area is 69.6 Å². The summed E-state index contributed by atoms with van der Waals surface area (Å²) in [5.41, 5.74) is 0. The van der Waals surface area contributed by atoms with E-state index in [9.17, 15) is 13.6 Å². The van der Waals surface area contributed by atoms with Crippen LogP contribution >= 0.6 is 11.8 Å². The molecule has 0 aliphatic rings. The lowest BCUT2D eigenvalue weighted by molar-refractivity contribution is -0.153. The van der Waals surface area contributed by atoms with Crippen LogP contribution in [-0.4, -0.2) is 21.3 Å². The smallest absolute Gasteiger partial charge is 0.397 e. The molecule has 0 atom stereocenters. The summed E-state index contributed by atoms with van der Waals surface area (Å²) < 4.78 is 29.2. The number of oxazole rings is 1. The number of aromatic nitrogens is 1. The molecule has 1 aromatic heterocycles. The summed E-state index contributed by atoms with van der Waals surface area (Å²) in [7, 11) is 0. The lowest BCUT2D eigenvalue weighted by atomic mass is 10.7. The molecule has 4 nitrogen and oxygen atoms in total. The number of hydrogen-bond donors (Lipinski definition) is 1. The van der Waals surface area contributed by atoms with E-state index in [1.165, 1.54) is 0 Å². The molecule has 0 saturated carbocycles. The van der Waals surface area contributed by atoms with E-state index in [0.29, 0.717) is 0 Å². The van der Waals surface area contributed by atoms with Crippen LogP contribution in [0.1, 0.15) is 0 Å². The van der Waals surface area contributed by atoms with Crippen molar-refractivity contribution in [2.24, 2.45) is 0 Å². The van der Waals surface area contributed by atoms with Crippen LogP contribution in [-0.2, 0) is 4.79 Å². The van der Waals surface area contributed by atoms with Gasteiger partial charge in [0.1, 0.15) is 6.26 Å². The van der Waals surface area contributed by atoms with Gasteiger partial charge in [-0.2, -0.15) is 8.78 Å². The molecule has 1 aromatic rings. The Kier molecular flexibility index (Phi) is 2.32. The predicted molar refractivity (Wildman–Crippen MR) is 34.9 cm³/mol. The molecular weight excluding hydrogens is 192 g/mol. The second-order valence-corrected chi connectivity index (χ2v) is 2.79. The molecule has 1 rings (SSSR count). The van der Waals surface area contributed by atoms with Crippen LogP contribution in [0.15, 0.2) is 22.1 Å². The summed E-state index contributed by atoms with van der Waals surface area (Å²) in [4.78, 5) is 13.2. The van der Waals surface area contributed by atoms with Gasteiger partial charge in [0, 0.05) is 11.8 Å². The summed E-state index contributed by atoms with van der Waals surface area (Å²) >= 11 is -0.250. The summed E-state index contributed by atoms with van der Waals surface area (Å²) in [6.07, 6.45) is 2.24. The van der Waals surface area contributed by atoms with Crippen LogP contribution in [0.2, 0.25) is 0 Å². The molecule has 0 spiro atoms. The quantitative estimate of drug-likeness (QED) is 0.739. The van der Waals surface area contributed by atoms with Gasteiger partial charge in [-0.15, -0.1) is 0 Å². The first kappa shape index (κ1) is 8.98. The highest BCUT2D eigenvalue weighted by Crippen LogP contribution is 2.34. The fourth-order valence-corrected chi connectivity index (χ4v) is 0.938. The number of aliphatic carboxylic acids is 1. The Hall–Kier alpha value is -1.11. The molecule has 0 aliphatic heterocycles. The number of carboxylic acids is 1. The Bertz CT molecular complexity index is 274. The number of thioether (sulfide) groups is 1. The number of halogens is 2. The highest BCUT2D eigenvalue weighted by atomic mass is 32.2. The second kappa shape index (κ2) is 3.10. The van der Waals surface area contributed by atoms with Crippen LogP contribution < -0.4 is 0 Å². The van der Waals surface area contributed by atoms with Crippen molar-refractivity contribution in [2.75, 3.05) is 0 Å². The van der Waals surface area contributed by atoms with Crippen LogP contribution in [0.4, 0.5) is 8.78 Å². The van der Waals surface area contributed by atoms with Crippen molar-refractivity contribution in [3.8, 4) is 0 Å². The van der Waals surface area contributed by atoms with E-state index in [-0.39, 0.29) is 17.0 Å². The zero-order valence-corrected chi connectivity index (χ0v) is 6.35. The van der Waals surface area contributed by atoms with E-state index < -0.39 is 11.2 Å². The lowest BCUT2D eigenvalue weighted by Gasteiger charge is -2.05. The maximum absolute atomic E-state index is 12.4. The molecule has 0 unspecified atom stereocenters. The molecule has 1 N–H and O–H groups in total. The van der Waals surface area contributed by atoms with Gasteiger partial charge in [0.2, 0.25) is 0 Å². The number of rotatable bonds is 3. The lowest BCUT2D eigenvalue weighted by Crippen LogP contribution is -2.23. The largest absolute Gasteiger partial charge is 0.476 e. The van der Waals surface area contributed by atoms with E-state index >= 15 is 0 Å². The van der Waals surface area contributed by atoms with Gasteiger partial charge in [-0.3, -0.25) is 0 Å². The molecule has 0 amide bonds. The minimum absolute atomic E-state index is 0.250. The Morgan fingerprint density at radius 1 is 1.75 bits per heavy atom. The zero-order chi connectivity index (χ0) is 9.19. The third-order valence-corrected chi connectivity index (χ3v) is 1.68. The van der Waals surface area contributed by atoms with Crippen molar-refractivity contribution in [3.63, 3.8) is 0 Å². The van der Waals surface area contributed by atoms with Crippen molar-refractivity contribution in [1.82, 2.24) is 4.98 Å². The molecule has 7 heteroatoms. The number of nitrogens with zero attached hydrogens (tertiary/aromatic N) is 1. The minimum atomic E-state index is -3.90. The molecule has 66 valence electrons. The topological polar surface area (TPSA) is 63.3 Å². The predicted octanol–water partition coefficient (Wildman–Crippen LogP) is 1.44. The fraction of sp³-hybridized carbons (Fsp3) is 0.200. The molecule has 0 radical (unpaired) electrons. The van der Waals surface area contributed by atoms with Gasteiger partial charge in [0.15, 0.2) is 0 Å². The zero-order valence-electron chi connectivity index (χ0n) is 5.53. The first-order valence-corrected chi connectivity index (χ1v) is 3.54. The number of carboxylic acid groups (broad SMARTS) is 1. The van der Waals surface area contributed by atoms with E-state index in [4.69, 9.17) is 5.11 Å². The van der Waals surface area contributed by atoms with Gasteiger partial charge in [0.05, 0.1) is 6.20 Å². The van der Waals surface area contributed by atoms with Crippen molar-refractivity contribution < 1.29 is 23.1 Å². The van der Waals surface area contributed by atoms with Gasteiger partial charge < -0.3 is 9.52 Å². The third-order valence-electron chi connectivity index (χ3n) is 0.874. The standard InChI is InChI=1S/C5H3F2NO3S/c6-5(7,3(9)10)12-4-8-1-2-11-4/h1-2H,(H,9,10). The summed E-state index contributed by atoms with van der Waals surface area (Å²) in [6, 6.07) is 0. The molecule has 0 saturated heterocycles. The maximum atomic E-state index is 12.4. The highest BCUT2D eigenvalue weighted by molar-refractivity contribution is 8.00.